The molecule has 0 fully saturated rings. The predicted octanol–water partition coefficient (Wildman–Crippen LogP) is 3.38. The molecule has 1 aliphatic carbocycles. The molecule has 1 N–H and O–H groups in total. The van der Waals surface area contributed by atoms with Gasteiger partial charge in [-0.3, -0.25) is 9.59 Å². The minimum atomic E-state index is -4.40. The fourth-order valence-corrected chi connectivity index (χ4v) is 5.48. The maximum absolute atomic E-state index is 13.7. The van der Waals surface area contributed by atoms with Crippen LogP contribution in [0.1, 0.15) is 22.8 Å². The average molecular weight is 567 g/mol. The maximum Gasteiger partial charge on any atom is 0.283 e. The Bertz CT molecular complexity index is 1830. The molecule has 0 atom stereocenters. The summed E-state index contributed by atoms with van der Waals surface area (Å²) in [5, 5.41) is 16.2. The third-order valence-corrected chi connectivity index (χ3v) is 7.85. The van der Waals surface area contributed by atoms with Crippen LogP contribution in [-0.4, -0.2) is 39.9 Å². The van der Waals surface area contributed by atoms with Crippen molar-refractivity contribution in [2.24, 2.45) is 4.40 Å². The topological polar surface area (TPSA) is 123 Å². The lowest BCUT2D eigenvalue weighted by Crippen LogP contribution is -2.43. The predicted molar refractivity (Wildman–Crippen MR) is 156 cm³/mol. The van der Waals surface area contributed by atoms with Crippen LogP contribution in [-0.2, 0) is 14.8 Å². The number of allylic oxidation sites excluding steroid dienone is 1. The van der Waals surface area contributed by atoms with Gasteiger partial charge in [0.1, 0.15) is 0 Å². The number of Topliss-reactive ketones (excluding diaryl/α,β-unsaturated/α-hetero) is 1. The smallest absolute Gasteiger partial charge is 0.283 e. The van der Waals surface area contributed by atoms with Crippen molar-refractivity contribution in [2.75, 3.05) is 24.3 Å². The normalized spacial score (nSPS) is 14.1. The van der Waals surface area contributed by atoms with E-state index < -0.39 is 27.3 Å². The largest absolute Gasteiger partial charge is 0.867 e. The number of carbonyl (C=O) groups is 2. The van der Waals surface area contributed by atoms with Crippen LogP contribution in [0.3, 0.4) is 0 Å². The van der Waals surface area contributed by atoms with E-state index in [2.05, 4.69) is 9.71 Å². The number of anilines is 2. The summed E-state index contributed by atoms with van der Waals surface area (Å²) >= 11 is 0. The molecule has 41 heavy (non-hydrogen) atoms. The molecule has 1 aliphatic rings. The van der Waals surface area contributed by atoms with Crippen molar-refractivity contribution >= 4 is 50.3 Å². The highest BCUT2D eigenvalue weighted by Gasteiger charge is 2.35. The van der Waals surface area contributed by atoms with E-state index >= 15 is 0 Å². The van der Waals surface area contributed by atoms with Gasteiger partial charge in [-0.25, -0.2) is 0 Å². The van der Waals surface area contributed by atoms with Crippen LogP contribution in [0, 0.1) is 0 Å². The molecule has 0 bridgehead atoms. The van der Waals surface area contributed by atoms with Gasteiger partial charge in [0.2, 0.25) is 17.4 Å². The highest BCUT2D eigenvalue weighted by atomic mass is 32.2. The Morgan fingerprint density at radius 2 is 1.44 bits per heavy atom. The molecular weight excluding hydrogens is 540 g/mol. The van der Waals surface area contributed by atoms with Gasteiger partial charge in [-0.2, -0.15) is 13.0 Å². The van der Waals surface area contributed by atoms with Crippen LogP contribution in [0.5, 0.6) is 0 Å². The summed E-state index contributed by atoms with van der Waals surface area (Å²) in [5.41, 5.74) is 2.87. The molecule has 10 heteroatoms. The van der Waals surface area contributed by atoms with E-state index in [0.29, 0.717) is 5.69 Å². The van der Waals surface area contributed by atoms with Gasteiger partial charge in [0.25, 0.3) is 10.0 Å². The van der Waals surface area contributed by atoms with Gasteiger partial charge >= 0.3 is 0 Å². The number of nitrogens with one attached hydrogen (secondary N) is 1. The Morgan fingerprint density at radius 3 is 2.02 bits per heavy atom. The molecule has 0 aliphatic heterocycles. The molecule has 0 radical (unpaired) electrons. The van der Waals surface area contributed by atoms with Crippen molar-refractivity contribution in [1.82, 2.24) is 0 Å². The van der Waals surface area contributed by atoms with E-state index in [1.807, 2.05) is 43.3 Å². The number of ketones is 1. The van der Waals surface area contributed by atoms with E-state index in [-0.39, 0.29) is 27.6 Å². The van der Waals surface area contributed by atoms with Gasteiger partial charge < -0.3 is 15.3 Å². The van der Waals surface area contributed by atoms with Crippen LogP contribution < -0.4 is 19.9 Å². The first-order valence-electron chi connectivity index (χ1n) is 12.6. The number of fused-ring (bicyclic) bond motifs is 1. The third-order valence-electron chi connectivity index (χ3n) is 6.56. The lowest BCUT2D eigenvalue weighted by atomic mass is 9.91. The number of carbonyl (C=O) groups excluding carboxylic acids is 2. The lowest BCUT2D eigenvalue weighted by Gasteiger charge is -2.23. The Morgan fingerprint density at radius 1 is 0.854 bits per heavy atom. The summed E-state index contributed by atoms with van der Waals surface area (Å²) in [5.74, 6) is -1.51. The molecule has 1 aromatic heterocycles. The monoisotopic (exact) mass is 566 g/mol. The van der Waals surface area contributed by atoms with E-state index in [1.54, 1.807) is 36.7 Å². The van der Waals surface area contributed by atoms with Crippen LogP contribution in [0.25, 0.3) is 22.6 Å². The van der Waals surface area contributed by atoms with Crippen molar-refractivity contribution in [1.29, 1.82) is 0 Å². The van der Waals surface area contributed by atoms with E-state index in [9.17, 15) is 23.1 Å². The van der Waals surface area contributed by atoms with Crippen LogP contribution in [0.15, 0.2) is 107 Å². The second kappa shape index (κ2) is 10.8. The SMILES string of the molecule is CC(=O)Nc1ccc(S(=O)(=O)/N=C2\C(=O)c3ccccc3C([O-])=C2[n+]2ccc(-c3ccc(N(C)C)cc3)cc2)cc1. The average Bonchev–Trinajstić information content (AvgIpc) is 2.96. The zero-order chi connectivity index (χ0) is 29.3. The summed E-state index contributed by atoms with van der Waals surface area (Å²) in [4.78, 5) is 26.7. The zero-order valence-electron chi connectivity index (χ0n) is 22.5. The number of hydrogen-bond donors (Lipinski definition) is 1. The van der Waals surface area contributed by atoms with E-state index in [4.69, 9.17) is 0 Å². The molecule has 5 rings (SSSR count). The molecule has 9 nitrogen and oxygen atoms in total. The molecule has 0 spiro atoms. The van der Waals surface area contributed by atoms with Gasteiger partial charge in [0.05, 0.1) is 4.90 Å². The second-order valence-electron chi connectivity index (χ2n) is 9.61. The summed E-state index contributed by atoms with van der Waals surface area (Å²) in [6.45, 7) is 1.34. The summed E-state index contributed by atoms with van der Waals surface area (Å²) < 4.78 is 32.0. The molecule has 0 saturated heterocycles. The Balaban J connectivity index is 1.59. The number of pyridine rings is 1. The van der Waals surface area contributed by atoms with E-state index in [0.717, 1.165) is 16.8 Å². The molecule has 3 aromatic carbocycles. The van der Waals surface area contributed by atoms with Gasteiger partial charge in [-0.15, -0.1) is 4.40 Å². The molecule has 0 saturated carbocycles. The molecule has 0 unspecified atom stereocenters. The summed E-state index contributed by atoms with van der Waals surface area (Å²) in [6, 6.07) is 23.1. The number of hydrogen-bond acceptors (Lipinski definition) is 6. The van der Waals surface area contributed by atoms with Gasteiger partial charge in [0.15, 0.2) is 18.1 Å². The number of nitrogens with zero attached hydrogens (tertiary/aromatic N) is 3. The molecule has 4 aromatic rings. The first-order valence-corrected chi connectivity index (χ1v) is 14.1. The first kappa shape index (κ1) is 27.5. The van der Waals surface area contributed by atoms with Crippen LogP contribution in [0.4, 0.5) is 11.4 Å². The number of amides is 1. The van der Waals surface area contributed by atoms with Gasteiger partial charge in [0, 0.05) is 50.1 Å². The molecule has 206 valence electrons. The van der Waals surface area contributed by atoms with Crippen molar-refractivity contribution in [3.8, 4) is 11.1 Å². The van der Waals surface area contributed by atoms with Gasteiger partial charge in [-0.05, 0) is 58.8 Å². The van der Waals surface area contributed by atoms with Crippen molar-refractivity contribution in [3.05, 3.63) is 108 Å². The fourth-order valence-electron chi connectivity index (χ4n) is 4.48. The second-order valence-corrected chi connectivity index (χ2v) is 11.2. The van der Waals surface area contributed by atoms with E-state index in [1.165, 1.54) is 47.9 Å². The van der Waals surface area contributed by atoms with Crippen molar-refractivity contribution in [3.63, 3.8) is 0 Å². The quantitative estimate of drug-likeness (QED) is 0.357. The third kappa shape index (κ3) is 5.50. The van der Waals surface area contributed by atoms with Crippen molar-refractivity contribution < 1.29 is 27.7 Å². The van der Waals surface area contributed by atoms with Crippen LogP contribution in [0.2, 0.25) is 0 Å². The van der Waals surface area contributed by atoms with Crippen LogP contribution >= 0.6 is 0 Å². The molecule has 1 amide bonds. The first-order chi connectivity index (χ1) is 19.5. The standard InChI is InChI=1S/C31H26N4O5S/c1-20(36)32-23-10-14-25(15-11-23)41(39,40)33-28-29(31(38)27-7-5-4-6-26(27)30(28)37)35-18-16-22(17-19-35)21-8-12-24(13-9-21)34(2)3/h4-19H,1-3H3,(H-,32,33,36,38). The Kier molecular flexibility index (Phi) is 7.25. The number of aromatic nitrogens is 1. The number of sulfonamides is 1. The van der Waals surface area contributed by atoms with Gasteiger partial charge in [-0.1, -0.05) is 36.4 Å². The fraction of sp³-hybridized carbons (Fsp3) is 0.0968. The summed E-state index contributed by atoms with van der Waals surface area (Å²) in [6.07, 6.45) is 3.21. The number of benzene rings is 3. The lowest BCUT2D eigenvalue weighted by molar-refractivity contribution is -0.577. The molecule has 1 heterocycles. The number of rotatable bonds is 6. The Hall–Kier alpha value is -5.09. The molecular formula is C31H26N4O5S. The minimum Gasteiger partial charge on any atom is -0.867 e. The zero-order valence-corrected chi connectivity index (χ0v) is 23.3. The highest BCUT2D eigenvalue weighted by Crippen LogP contribution is 2.29. The highest BCUT2D eigenvalue weighted by molar-refractivity contribution is 7.90. The minimum absolute atomic E-state index is 0.0782. The summed E-state index contributed by atoms with van der Waals surface area (Å²) in [7, 11) is -0.490. The Labute approximate surface area is 237 Å². The van der Waals surface area contributed by atoms with Crippen molar-refractivity contribution in [2.45, 2.75) is 11.8 Å². The maximum atomic E-state index is 13.7.